The maximum absolute atomic E-state index is 5.89. The van der Waals surface area contributed by atoms with E-state index >= 15 is 0 Å². The lowest BCUT2D eigenvalue weighted by Crippen LogP contribution is -1.95. The topological polar surface area (TPSA) is 57.4 Å². The molecule has 0 bridgehead atoms. The van der Waals surface area contributed by atoms with Crippen molar-refractivity contribution in [3.8, 4) is 11.5 Å². The normalized spacial score (nSPS) is 10.3. The van der Waals surface area contributed by atoms with Gasteiger partial charge < -0.3 is 15.2 Å². The van der Waals surface area contributed by atoms with Gasteiger partial charge in [0.15, 0.2) is 11.5 Å². The second kappa shape index (κ2) is 3.65. The highest BCUT2D eigenvalue weighted by molar-refractivity contribution is 5.98. The Morgan fingerprint density at radius 1 is 1.20 bits per heavy atom. The van der Waals surface area contributed by atoms with E-state index in [1.165, 1.54) is 0 Å². The largest absolute Gasteiger partial charge is 0.493 e. The van der Waals surface area contributed by atoms with E-state index in [0.29, 0.717) is 17.2 Å². The van der Waals surface area contributed by atoms with E-state index < -0.39 is 0 Å². The summed E-state index contributed by atoms with van der Waals surface area (Å²) < 4.78 is 10.5. The number of ether oxygens (including phenoxy) is 2. The van der Waals surface area contributed by atoms with Crippen LogP contribution in [0.2, 0.25) is 0 Å². The summed E-state index contributed by atoms with van der Waals surface area (Å²) in [7, 11) is 3.18. The lowest BCUT2D eigenvalue weighted by atomic mass is 10.1. The molecule has 4 heteroatoms. The lowest BCUT2D eigenvalue weighted by Gasteiger charge is -2.11. The molecular formula is C11H12N2O2. The van der Waals surface area contributed by atoms with Gasteiger partial charge in [-0.15, -0.1) is 0 Å². The van der Waals surface area contributed by atoms with Crippen LogP contribution in [0, 0.1) is 0 Å². The summed E-state index contributed by atoms with van der Waals surface area (Å²) in [5, 5.41) is 1.78. The van der Waals surface area contributed by atoms with E-state index in [-0.39, 0.29) is 0 Å². The van der Waals surface area contributed by atoms with Crippen molar-refractivity contribution < 1.29 is 9.47 Å². The molecule has 0 aliphatic heterocycles. The van der Waals surface area contributed by atoms with Crippen LogP contribution in [0.3, 0.4) is 0 Å². The van der Waals surface area contributed by atoms with E-state index in [1.54, 1.807) is 32.7 Å². The van der Waals surface area contributed by atoms with Crippen LogP contribution in [0.1, 0.15) is 0 Å². The van der Waals surface area contributed by atoms with Crippen molar-refractivity contribution in [2.24, 2.45) is 0 Å². The average Bonchev–Trinajstić information content (AvgIpc) is 2.29. The minimum Gasteiger partial charge on any atom is -0.493 e. The molecule has 15 heavy (non-hydrogen) atoms. The molecule has 0 unspecified atom stereocenters. The molecule has 78 valence electrons. The Morgan fingerprint density at radius 2 is 2.00 bits per heavy atom. The Balaban J connectivity index is 2.85. The van der Waals surface area contributed by atoms with Gasteiger partial charge in [0, 0.05) is 34.9 Å². The van der Waals surface area contributed by atoms with E-state index in [9.17, 15) is 0 Å². The highest BCUT2D eigenvalue weighted by Crippen LogP contribution is 2.38. The van der Waals surface area contributed by atoms with Crippen molar-refractivity contribution in [1.82, 2.24) is 4.98 Å². The zero-order valence-corrected chi connectivity index (χ0v) is 8.65. The SMILES string of the molecule is COc1cc(N)c2ccncc2c1OC. The van der Waals surface area contributed by atoms with Crippen molar-refractivity contribution in [2.45, 2.75) is 0 Å². The number of anilines is 1. The third kappa shape index (κ3) is 1.44. The number of nitrogens with zero attached hydrogens (tertiary/aromatic N) is 1. The summed E-state index contributed by atoms with van der Waals surface area (Å²) in [5.41, 5.74) is 6.55. The Labute approximate surface area is 87.6 Å². The molecule has 0 atom stereocenters. The van der Waals surface area contributed by atoms with Crippen molar-refractivity contribution in [3.05, 3.63) is 24.5 Å². The molecule has 0 spiro atoms. The number of hydrogen-bond acceptors (Lipinski definition) is 4. The van der Waals surface area contributed by atoms with Crippen LogP contribution in [-0.2, 0) is 0 Å². The standard InChI is InChI=1S/C11H12N2O2/c1-14-10-5-9(12)7-3-4-13-6-8(7)11(10)15-2/h3-6H,12H2,1-2H3. The third-order valence-corrected chi connectivity index (χ3v) is 2.31. The first-order valence-corrected chi connectivity index (χ1v) is 4.52. The predicted octanol–water partition coefficient (Wildman–Crippen LogP) is 1.83. The molecule has 2 aromatic rings. The van der Waals surface area contributed by atoms with Gasteiger partial charge in [-0.25, -0.2) is 0 Å². The fraction of sp³-hybridized carbons (Fsp3) is 0.182. The molecule has 0 fully saturated rings. The number of rotatable bonds is 2. The molecule has 0 radical (unpaired) electrons. The summed E-state index contributed by atoms with van der Waals surface area (Å²) >= 11 is 0. The van der Waals surface area contributed by atoms with Crippen LogP contribution in [0.4, 0.5) is 5.69 Å². The molecule has 4 nitrogen and oxygen atoms in total. The van der Waals surface area contributed by atoms with Gasteiger partial charge in [-0.1, -0.05) is 0 Å². The van der Waals surface area contributed by atoms with Gasteiger partial charge in [0.25, 0.3) is 0 Å². The molecule has 0 aliphatic carbocycles. The van der Waals surface area contributed by atoms with Crippen LogP contribution in [-0.4, -0.2) is 19.2 Å². The van der Waals surface area contributed by atoms with Crippen LogP contribution in [0.15, 0.2) is 24.5 Å². The van der Waals surface area contributed by atoms with Crippen LogP contribution < -0.4 is 15.2 Å². The number of hydrogen-bond donors (Lipinski definition) is 1. The number of benzene rings is 1. The maximum Gasteiger partial charge on any atom is 0.170 e. The van der Waals surface area contributed by atoms with Gasteiger partial charge in [-0.3, -0.25) is 4.98 Å². The number of nitrogen functional groups attached to an aromatic ring is 1. The zero-order chi connectivity index (χ0) is 10.8. The van der Waals surface area contributed by atoms with Gasteiger partial charge in [0.1, 0.15) is 0 Å². The number of pyridine rings is 1. The van der Waals surface area contributed by atoms with Gasteiger partial charge >= 0.3 is 0 Å². The Kier molecular flexibility index (Phi) is 2.33. The lowest BCUT2D eigenvalue weighted by molar-refractivity contribution is 0.358. The summed E-state index contributed by atoms with van der Waals surface area (Å²) in [6, 6.07) is 3.60. The minimum absolute atomic E-state index is 0.621. The minimum atomic E-state index is 0.621. The summed E-state index contributed by atoms with van der Waals surface area (Å²) in [4.78, 5) is 4.05. The molecule has 1 aromatic carbocycles. The Morgan fingerprint density at radius 3 is 2.67 bits per heavy atom. The molecule has 0 amide bonds. The second-order valence-electron chi connectivity index (χ2n) is 3.12. The van der Waals surface area contributed by atoms with E-state index in [2.05, 4.69) is 4.98 Å². The molecule has 2 N–H and O–H groups in total. The first kappa shape index (κ1) is 9.58. The molecule has 1 heterocycles. The van der Waals surface area contributed by atoms with Crippen molar-refractivity contribution >= 4 is 16.5 Å². The molecule has 1 aromatic heterocycles. The first-order valence-electron chi connectivity index (χ1n) is 4.52. The Bertz CT molecular complexity index is 497. The maximum atomic E-state index is 5.89. The number of methoxy groups -OCH3 is 2. The summed E-state index contributed by atoms with van der Waals surface area (Å²) in [6.45, 7) is 0. The summed E-state index contributed by atoms with van der Waals surface area (Å²) in [5.74, 6) is 1.28. The fourth-order valence-electron chi connectivity index (χ4n) is 1.61. The van der Waals surface area contributed by atoms with E-state index in [4.69, 9.17) is 15.2 Å². The van der Waals surface area contributed by atoms with Gasteiger partial charge in [0.05, 0.1) is 14.2 Å². The van der Waals surface area contributed by atoms with Gasteiger partial charge in [-0.2, -0.15) is 0 Å². The zero-order valence-electron chi connectivity index (χ0n) is 8.65. The molecule has 0 aliphatic rings. The number of fused-ring (bicyclic) bond motifs is 1. The quantitative estimate of drug-likeness (QED) is 0.758. The van der Waals surface area contributed by atoms with Gasteiger partial charge in [0.2, 0.25) is 0 Å². The molecule has 2 rings (SSSR count). The second-order valence-corrected chi connectivity index (χ2v) is 3.12. The van der Waals surface area contributed by atoms with Crippen molar-refractivity contribution in [2.75, 3.05) is 20.0 Å². The summed E-state index contributed by atoms with van der Waals surface area (Å²) in [6.07, 6.45) is 3.41. The van der Waals surface area contributed by atoms with Crippen LogP contribution >= 0.6 is 0 Å². The average molecular weight is 204 g/mol. The number of nitrogens with two attached hydrogens (primary N) is 1. The smallest absolute Gasteiger partial charge is 0.170 e. The van der Waals surface area contributed by atoms with Gasteiger partial charge in [-0.05, 0) is 6.07 Å². The molecular weight excluding hydrogens is 192 g/mol. The molecule has 0 saturated carbocycles. The fourth-order valence-corrected chi connectivity index (χ4v) is 1.61. The van der Waals surface area contributed by atoms with E-state index in [1.807, 2.05) is 6.07 Å². The third-order valence-electron chi connectivity index (χ3n) is 2.31. The Hall–Kier alpha value is -1.97. The highest BCUT2D eigenvalue weighted by atomic mass is 16.5. The van der Waals surface area contributed by atoms with Crippen LogP contribution in [0.25, 0.3) is 10.8 Å². The monoisotopic (exact) mass is 204 g/mol. The van der Waals surface area contributed by atoms with Crippen molar-refractivity contribution in [3.63, 3.8) is 0 Å². The predicted molar refractivity (Wildman–Crippen MR) is 59.3 cm³/mol. The number of aromatic nitrogens is 1. The van der Waals surface area contributed by atoms with E-state index in [0.717, 1.165) is 10.8 Å². The van der Waals surface area contributed by atoms with Crippen molar-refractivity contribution in [1.29, 1.82) is 0 Å². The first-order chi connectivity index (χ1) is 7.27. The van der Waals surface area contributed by atoms with Crippen LogP contribution in [0.5, 0.6) is 11.5 Å². The highest BCUT2D eigenvalue weighted by Gasteiger charge is 2.11. The molecule has 0 saturated heterocycles.